The van der Waals surface area contributed by atoms with Crippen LogP contribution >= 0.6 is 0 Å². The molecule has 0 spiro atoms. The lowest BCUT2D eigenvalue weighted by molar-refractivity contribution is -0.127. The van der Waals surface area contributed by atoms with E-state index in [0.29, 0.717) is 25.1 Å². The van der Waals surface area contributed by atoms with Gasteiger partial charge in [0, 0.05) is 31.4 Å². The highest BCUT2D eigenvalue weighted by molar-refractivity contribution is 6.05. The van der Waals surface area contributed by atoms with Crippen molar-refractivity contribution in [3.8, 4) is 0 Å². The van der Waals surface area contributed by atoms with Gasteiger partial charge < -0.3 is 10.2 Å². The van der Waals surface area contributed by atoms with E-state index in [9.17, 15) is 9.59 Å². The van der Waals surface area contributed by atoms with E-state index in [0.717, 1.165) is 30.3 Å². The minimum Gasteiger partial charge on any atom is -0.352 e. The summed E-state index contributed by atoms with van der Waals surface area (Å²) in [5, 5.41) is 10.6. The summed E-state index contributed by atoms with van der Waals surface area (Å²) in [6, 6.07) is 5.53. The number of amides is 2. The maximum absolute atomic E-state index is 12.2. The number of hydrogen-bond acceptors (Lipinski definition) is 3. The zero-order valence-electron chi connectivity index (χ0n) is 11.8. The van der Waals surface area contributed by atoms with Gasteiger partial charge in [-0.25, -0.2) is 0 Å². The summed E-state index contributed by atoms with van der Waals surface area (Å²) in [6.45, 7) is 2.13. The van der Waals surface area contributed by atoms with Crippen LogP contribution in [0.5, 0.6) is 0 Å². The molecule has 3 rings (SSSR count). The van der Waals surface area contributed by atoms with Gasteiger partial charge >= 0.3 is 0 Å². The predicted molar refractivity (Wildman–Crippen MR) is 78.9 cm³/mol. The van der Waals surface area contributed by atoms with E-state index < -0.39 is 0 Å². The summed E-state index contributed by atoms with van der Waals surface area (Å²) >= 11 is 0. The van der Waals surface area contributed by atoms with Crippen molar-refractivity contribution in [1.82, 2.24) is 20.4 Å². The zero-order chi connectivity index (χ0) is 14.7. The SMILES string of the molecule is O=C(NCCCN1CCCC1=O)c1cccc2cn[nH]c12. The number of aromatic amines is 1. The minimum absolute atomic E-state index is 0.113. The smallest absolute Gasteiger partial charge is 0.253 e. The Kier molecular flexibility index (Phi) is 3.85. The monoisotopic (exact) mass is 286 g/mol. The van der Waals surface area contributed by atoms with Gasteiger partial charge in [-0.15, -0.1) is 0 Å². The maximum Gasteiger partial charge on any atom is 0.253 e. The maximum atomic E-state index is 12.2. The lowest BCUT2D eigenvalue weighted by Crippen LogP contribution is -2.30. The molecule has 2 heterocycles. The van der Waals surface area contributed by atoms with Gasteiger partial charge in [-0.2, -0.15) is 5.10 Å². The Morgan fingerprint density at radius 3 is 3.14 bits per heavy atom. The normalized spacial score (nSPS) is 14.9. The Balaban J connectivity index is 1.52. The van der Waals surface area contributed by atoms with Crippen LogP contribution in [-0.4, -0.2) is 46.5 Å². The predicted octanol–water partition coefficient (Wildman–Crippen LogP) is 1.31. The molecule has 1 aliphatic rings. The second-order valence-electron chi connectivity index (χ2n) is 5.23. The van der Waals surface area contributed by atoms with E-state index in [-0.39, 0.29) is 11.8 Å². The van der Waals surface area contributed by atoms with Crippen LogP contribution < -0.4 is 5.32 Å². The molecule has 2 N–H and O–H groups in total. The quantitative estimate of drug-likeness (QED) is 0.813. The summed E-state index contributed by atoms with van der Waals surface area (Å²) in [4.78, 5) is 25.5. The summed E-state index contributed by atoms with van der Waals surface area (Å²) < 4.78 is 0. The number of H-pyrrole nitrogens is 1. The number of nitrogens with zero attached hydrogens (tertiary/aromatic N) is 2. The second-order valence-corrected chi connectivity index (χ2v) is 5.23. The van der Waals surface area contributed by atoms with Crippen LogP contribution in [-0.2, 0) is 4.79 Å². The van der Waals surface area contributed by atoms with Crippen molar-refractivity contribution < 1.29 is 9.59 Å². The number of fused-ring (bicyclic) bond motifs is 1. The molecule has 1 fully saturated rings. The summed E-state index contributed by atoms with van der Waals surface area (Å²) in [5.74, 6) is 0.112. The molecule has 0 unspecified atom stereocenters. The lowest BCUT2D eigenvalue weighted by atomic mass is 10.1. The first-order valence-corrected chi connectivity index (χ1v) is 7.24. The van der Waals surface area contributed by atoms with Crippen LogP contribution in [0.3, 0.4) is 0 Å². The van der Waals surface area contributed by atoms with E-state index in [2.05, 4.69) is 15.5 Å². The van der Waals surface area contributed by atoms with Crippen molar-refractivity contribution in [1.29, 1.82) is 0 Å². The van der Waals surface area contributed by atoms with Crippen LogP contribution in [0.2, 0.25) is 0 Å². The Morgan fingerprint density at radius 2 is 2.33 bits per heavy atom. The van der Waals surface area contributed by atoms with E-state index >= 15 is 0 Å². The Labute approximate surface area is 122 Å². The number of likely N-dealkylation sites (tertiary alicyclic amines) is 1. The number of carbonyl (C=O) groups is 2. The summed E-state index contributed by atoms with van der Waals surface area (Å²) in [6.07, 6.45) is 4.09. The van der Waals surface area contributed by atoms with Gasteiger partial charge in [-0.1, -0.05) is 12.1 Å². The van der Waals surface area contributed by atoms with Crippen LogP contribution in [0.15, 0.2) is 24.4 Å². The van der Waals surface area contributed by atoms with Crippen molar-refractivity contribution >= 4 is 22.7 Å². The van der Waals surface area contributed by atoms with Gasteiger partial charge in [0.2, 0.25) is 5.91 Å². The number of para-hydroxylation sites is 1. The number of nitrogens with one attached hydrogen (secondary N) is 2. The molecule has 6 heteroatoms. The molecule has 1 aromatic heterocycles. The molecule has 110 valence electrons. The fraction of sp³-hybridized carbons (Fsp3) is 0.400. The van der Waals surface area contributed by atoms with Crippen LogP contribution in [0.4, 0.5) is 0 Å². The largest absolute Gasteiger partial charge is 0.352 e. The fourth-order valence-electron chi connectivity index (χ4n) is 2.67. The van der Waals surface area contributed by atoms with Gasteiger partial charge in [-0.05, 0) is 18.9 Å². The summed E-state index contributed by atoms with van der Waals surface area (Å²) in [7, 11) is 0. The van der Waals surface area contributed by atoms with Crippen LogP contribution in [0.25, 0.3) is 10.9 Å². The standard InChI is InChI=1S/C15H18N4O2/c20-13-6-2-8-19(13)9-3-7-16-15(21)12-5-1-4-11-10-17-18-14(11)12/h1,4-5,10H,2-3,6-9H2,(H,16,21)(H,17,18). The molecule has 0 radical (unpaired) electrons. The Bertz CT molecular complexity index is 664. The highest BCUT2D eigenvalue weighted by Gasteiger charge is 2.19. The Morgan fingerprint density at radius 1 is 1.43 bits per heavy atom. The number of carbonyl (C=O) groups excluding carboxylic acids is 2. The third kappa shape index (κ3) is 2.89. The first-order valence-electron chi connectivity index (χ1n) is 7.24. The molecular weight excluding hydrogens is 268 g/mol. The molecule has 0 bridgehead atoms. The van der Waals surface area contributed by atoms with Crippen molar-refractivity contribution in [3.63, 3.8) is 0 Å². The molecule has 0 atom stereocenters. The van der Waals surface area contributed by atoms with Gasteiger partial charge in [0.15, 0.2) is 0 Å². The van der Waals surface area contributed by atoms with E-state index in [1.165, 1.54) is 0 Å². The molecule has 1 saturated heterocycles. The van der Waals surface area contributed by atoms with E-state index in [1.54, 1.807) is 12.3 Å². The van der Waals surface area contributed by atoms with Gasteiger partial charge in [0.25, 0.3) is 5.91 Å². The molecule has 21 heavy (non-hydrogen) atoms. The molecular formula is C15H18N4O2. The highest BCUT2D eigenvalue weighted by atomic mass is 16.2. The number of hydrogen-bond donors (Lipinski definition) is 2. The molecule has 0 saturated carbocycles. The minimum atomic E-state index is -0.113. The Hall–Kier alpha value is -2.37. The number of aromatic nitrogens is 2. The topological polar surface area (TPSA) is 78.1 Å². The molecule has 1 aliphatic heterocycles. The van der Waals surface area contributed by atoms with Crippen molar-refractivity contribution in [2.24, 2.45) is 0 Å². The average Bonchev–Trinajstić information content (AvgIpc) is 3.11. The molecule has 1 aromatic carbocycles. The first-order chi connectivity index (χ1) is 10.3. The zero-order valence-corrected chi connectivity index (χ0v) is 11.8. The molecule has 0 aliphatic carbocycles. The number of rotatable bonds is 5. The molecule has 6 nitrogen and oxygen atoms in total. The van der Waals surface area contributed by atoms with Gasteiger partial charge in [0.1, 0.15) is 0 Å². The van der Waals surface area contributed by atoms with Crippen molar-refractivity contribution in [2.75, 3.05) is 19.6 Å². The van der Waals surface area contributed by atoms with E-state index in [4.69, 9.17) is 0 Å². The fourth-order valence-corrected chi connectivity index (χ4v) is 2.67. The van der Waals surface area contributed by atoms with Crippen LogP contribution in [0.1, 0.15) is 29.6 Å². The van der Waals surface area contributed by atoms with E-state index in [1.807, 2.05) is 17.0 Å². The molecule has 2 aromatic rings. The van der Waals surface area contributed by atoms with Crippen LogP contribution in [0, 0.1) is 0 Å². The van der Waals surface area contributed by atoms with Crippen molar-refractivity contribution in [3.05, 3.63) is 30.0 Å². The average molecular weight is 286 g/mol. The third-order valence-electron chi connectivity index (χ3n) is 3.78. The number of benzene rings is 1. The molecule has 2 amide bonds. The van der Waals surface area contributed by atoms with Crippen molar-refractivity contribution in [2.45, 2.75) is 19.3 Å². The highest BCUT2D eigenvalue weighted by Crippen LogP contribution is 2.15. The third-order valence-corrected chi connectivity index (χ3v) is 3.78. The van der Waals surface area contributed by atoms with Gasteiger partial charge in [0.05, 0.1) is 17.3 Å². The lowest BCUT2D eigenvalue weighted by Gasteiger charge is -2.15. The van der Waals surface area contributed by atoms with Gasteiger partial charge in [-0.3, -0.25) is 14.7 Å². The second kappa shape index (κ2) is 5.95. The first kappa shape index (κ1) is 13.6. The summed E-state index contributed by atoms with van der Waals surface area (Å²) in [5.41, 5.74) is 1.35.